The van der Waals surface area contributed by atoms with Crippen LogP contribution in [0.5, 0.6) is 0 Å². The molecule has 0 saturated carbocycles. The molecule has 0 spiro atoms. The van der Waals surface area contributed by atoms with Gasteiger partial charge in [0.25, 0.3) is 11.4 Å². The molecule has 150 valence electrons. The number of ether oxygens (including phenoxy) is 1. The van der Waals surface area contributed by atoms with Gasteiger partial charge in [-0.15, -0.1) is 21.5 Å². The first kappa shape index (κ1) is 20.1. The molecule has 1 unspecified atom stereocenters. The molecule has 7 nitrogen and oxygen atoms in total. The Kier molecular flexibility index (Phi) is 6.00. The van der Waals surface area contributed by atoms with Gasteiger partial charge in [0.15, 0.2) is 5.16 Å². The van der Waals surface area contributed by atoms with Crippen molar-refractivity contribution >= 4 is 45.6 Å². The lowest BCUT2D eigenvalue weighted by Gasteiger charge is -2.14. The highest BCUT2D eigenvalue weighted by molar-refractivity contribution is 7.99. The number of thioether (sulfide) groups is 1. The molecular weight excluding hydrogens is 432 g/mol. The average molecular weight is 449 g/mol. The van der Waals surface area contributed by atoms with Crippen LogP contribution in [0.3, 0.4) is 0 Å². The first-order valence-corrected chi connectivity index (χ1v) is 10.9. The van der Waals surface area contributed by atoms with Gasteiger partial charge in [0.2, 0.25) is 5.89 Å². The highest BCUT2D eigenvalue weighted by atomic mass is 35.5. The molecule has 0 fully saturated rings. The van der Waals surface area contributed by atoms with Gasteiger partial charge in [-0.2, -0.15) is 0 Å². The summed E-state index contributed by atoms with van der Waals surface area (Å²) in [7, 11) is 1.60. The van der Waals surface area contributed by atoms with Gasteiger partial charge in [-0.1, -0.05) is 29.4 Å². The number of nitrogens with zero attached hydrogens (tertiary/aromatic N) is 4. The fraction of sp³-hybridized carbons (Fsp3) is 0.263. The molecule has 4 aromatic rings. The van der Waals surface area contributed by atoms with Crippen LogP contribution in [0.25, 0.3) is 21.7 Å². The largest absolute Gasteiger partial charge is 0.419 e. The van der Waals surface area contributed by atoms with E-state index in [0.29, 0.717) is 46.0 Å². The SMILES string of the molecule is COCCn1c(SC(C)c2nnc(-c3cccs3)o2)nc2cc(Cl)ccc2c1=O. The molecule has 1 atom stereocenters. The molecular formula is C19H17ClN4O3S2. The first-order valence-electron chi connectivity index (χ1n) is 8.80. The van der Waals surface area contributed by atoms with Crippen LogP contribution in [0.2, 0.25) is 5.02 Å². The topological polar surface area (TPSA) is 83.0 Å². The lowest BCUT2D eigenvalue weighted by molar-refractivity contribution is 0.183. The molecule has 0 aliphatic heterocycles. The van der Waals surface area contributed by atoms with E-state index in [2.05, 4.69) is 15.2 Å². The van der Waals surface area contributed by atoms with Crippen LogP contribution in [0, 0.1) is 0 Å². The number of fused-ring (bicyclic) bond motifs is 1. The standard InChI is InChI=1S/C19H17ClN4O3S2/c1-11(16-22-23-17(27-16)15-4-3-9-28-15)29-19-21-14-10-12(20)5-6-13(14)18(25)24(19)7-8-26-2/h3-6,9-11H,7-8H2,1-2H3. The van der Waals surface area contributed by atoms with Gasteiger partial charge in [-0.3, -0.25) is 9.36 Å². The summed E-state index contributed by atoms with van der Waals surface area (Å²) < 4.78 is 12.6. The Bertz CT molecular complexity index is 1190. The van der Waals surface area contributed by atoms with Crippen LogP contribution < -0.4 is 5.56 Å². The zero-order chi connectivity index (χ0) is 20.4. The van der Waals surface area contributed by atoms with E-state index in [1.54, 1.807) is 29.9 Å². The number of thiophene rings is 1. The van der Waals surface area contributed by atoms with Gasteiger partial charge < -0.3 is 9.15 Å². The van der Waals surface area contributed by atoms with Gasteiger partial charge in [0.05, 0.1) is 34.2 Å². The van der Waals surface area contributed by atoms with Crippen LogP contribution in [0.15, 0.2) is 50.1 Å². The smallest absolute Gasteiger partial charge is 0.262 e. The second-order valence-corrected chi connectivity index (χ2v) is 8.88. The molecule has 0 aliphatic carbocycles. The predicted molar refractivity (Wildman–Crippen MR) is 115 cm³/mol. The molecule has 0 amide bonds. The molecule has 4 rings (SSSR count). The summed E-state index contributed by atoms with van der Waals surface area (Å²) >= 11 is 9.01. The second-order valence-electron chi connectivity index (χ2n) is 6.19. The lowest BCUT2D eigenvalue weighted by atomic mass is 10.2. The fourth-order valence-corrected chi connectivity index (χ4v) is 4.53. The molecule has 0 N–H and O–H groups in total. The summed E-state index contributed by atoms with van der Waals surface area (Å²) in [5.41, 5.74) is 0.416. The number of hydrogen-bond acceptors (Lipinski definition) is 8. The molecule has 0 saturated heterocycles. The lowest BCUT2D eigenvalue weighted by Crippen LogP contribution is -2.25. The number of halogens is 1. The minimum absolute atomic E-state index is 0.136. The fourth-order valence-electron chi connectivity index (χ4n) is 2.75. The van der Waals surface area contributed by atoms with Gasteiger partial charge in [0.1, 0.15) is 0 Å². The normalized spacial score (nSPS) is 12.5. The van der Waals surface area contributed by atoms with Crippen molar-refractivity contribution in [3.8, 4) is 10.8 Å². The van der Waals surface area contributed by atoms with Gasteiger partial charge in [-0.05, 0) is 36.6 Å². The molecule has 29 heavy (non-hydrogen) atoms. The summed E-state index contributed by atoms with van der Waals surface area (Å²) in [6, 6.07) is 8.93. The van der Waals surface area contributed by atoms with Crippen LogP contribution in [0.1, 0.15) is 18.1 Å². The summed E-state index contributed by atoms with van der Waals surface area (Å²) in [5, 5.41) is 11.6. The maximum atomic E-state index is 13.0. The number of benzene rings is 1. The quantitative estimate of drug-likeness (QED) is 0.300. The Hall–Kier alpha value is -2.20. The number of rotatable bonds is 7. The Labute approximate surface area is 179 Å². The Balaban J connectivity index is 1.69. The predicted octanol–water partition coefficient (Wildman–Crippen LogP) is 4.66. The van der Waals surface area contributed by atoms with Crippen LogP contribution in [0.4, 0.5) is 0 Å². The number of hydrogen-bond donors (Lipinski definition) is 0. The van der Waals surface area contributed by atoms with Gasteiger partial charge in [0, 0.05) is 12.1 Å². The van der Waals surface area contributed by atoms with E-state index in [-0.39, 0.29) is 10.8 Å². The highest BCUT2D eigenvalue weighted by Gasteiger charge is 2.20. The zero-order valence-electron chi connectivity index (χ0n) is 15.7. The third kappa shape index (κ3) is 4.23. The molecule has 3 aromatic heterocycles. The van der Waals surface area contributed by atoms with Crippen molar-refractivity contribution in [2.45, 2.75) is 23.9 Å². The molecule has 0 radical (unpaired) electrons. The summed E-state index contributed by atoms with van der Waals surface area (Å²) in [5.74, 6) is 0.953. The second kappa shape index (κ2) is 8.66. The molecule has 1 aromatic carbocycles. The van der Waals surface area contributed by atoms with Crippen molar-refractivity contribution in [2.24, 2.45) is 0 Å². The van der Waals surface area contributed by atoms with Gasteiger partial charge >= 0.3 is 0 Å². The van der Waals surface area contributed by atoms with Crippen molar-refractivity contribution in [3.63, 3.8) is 0 Å². The number of methoxy groups -OCH3 is 1. The van der Waals surface area contributed by atoms with Crippen molar-refractivity contribution in [1.29, 1.82) is 0 Å². The van der Waals surface area contributed by atoms with E-state index in [0.717, 1.165) is 4.88 Å². The minimum Gasteiger partial charge on any atom is -0.419 e. The zero-order valence-corrected chi connectivity index (χ0v) is 18.1. The maximum Gasteiger partial charge on any atom is 0.262 e. The average Bonchev–Trinajstić information content (AvgIpc) is 3.39. The van der Waals surface area contributed by atoms with Crippen molar-refractivity contribution in [3.05, 3.63) is 57.0 Å². The van der Waals surface area contributed by atoms with Crippen molar-refractivity contribution in [2.75, 3.05) is 13.7 Å². The molecule has 10 heteroatoms. The van der Waals surface area contributed by atoms with E-state index in [1.165, 1.54) is 23.1 Å². The number of aromatic nitrogens is 4. The van der Waals surface area contributed by atoms with E-state index in [9.17, 15) is 4.79 Å². The summed E-state index contributed by atoms with van der Waals surface area (Å²) in [4.78, 5) is 18.6. The molecule has 0 bridgehead atoms. The van der Waals surface area contributed by atoms with E-state index in [4.69, 9.17) is 20.8 Å². The van der Waals surface area contributed by atoms with Gasteiger partial charge in [-0.25, -0.2) is 4.98 Å². The van der Waals surface area contributed by atoms with Crippen LogP contribution >= 0.6 is 34.7 Å². The summed E-state index contributed by atoms with van der Waals surface area (Å²) in [6.07, 6.45) is 0. The Morgan fingerprint density at radius 1 is 1.34 bits per heavy atom. The Morgan fingerprint density at radius 2 is 2.21 bits per heavy atom. The maximum absolute atomic E-state index is 13.0. The highest BCUT2D eigenvalue weighted by Crippen LogP contribution is 2.35. The Morgan fingerprint density at radius 3 is 2.97 bits per heavy atom. The third-order valence-electron chi connectivity index (χ3n) is 4.20. The van der Waals surface area contributed by atoms with E-state index in [1.807, 2.05) is 24.4 Å². The monoisotopic (exact) mass is 448 g/mol. The molecule has 0 aliphatic rings. The third-order valence-corrected chi connectivity index (χ3v) is 6.37. The van der Waals surface area contributed by atoms with E-state index >= 15 is 0 Å². The van der Waals surface area contributed by atoms with E-state index < -0.39 is 0 Å². The van der Waals surface area contributed by atoms with Crippen LogP contribution in [-0.2, 0) is 11.3 Å². The summed E-state index contributed by atoms with van der Waals surface area (Å²) in [6.45, 7) is 2.72. The van der Waals surface area contributed by atoms with Crippen LogP contribution in [-0.4, -0.2) is 33.5 Å². The minimum atomic E-state index is -0.200. The van der Waals surface area contributed by atoms with Crippen molar-refractivity contribution < 1.29 is 9.15 Å². The van der Waals surface area contributed by atoms with Crippen molar-refractivity contribution in [1.82, 2.24) is 19.7 Å². The molecule has 3 heterocycles. The first-order chi connectivity index (χ1) is 14.1.